The maximum atomic E-state index is 2.40. The van der Waals surface area contributed by atoms with Crippen molar-refractivity contribution in [2.24, 2.45) is 0 Å². The minimum absolute atomic E-state index is 0.457. The summed E-state index contributed by atoms with van der Waals surface area (Å²) in [4.78, 5) is 2.40. The number of benzene rings is 10. The average molecular weight is 764 g/mol. The molecule has 0 N–H and O–H groups in total. The monoisotopic (exact) mass is 763 g/mol. The lowest BCUT2D eigenvalue weighted by molar-refractivity contribution is 0.768. The number of anilines is 3. The highest BCUT2D eigenvalue weighted by atomic mass is 15.1. The summed E-state index contributed by atoms with van der Waals surface area (Å²) in [5.74, 6) is 0. The number of fused-ring (bicyclic) bond motifs is 4. The van der Waals surface area contributed by atoms with Gasteiger partial charge < -0.3 is 4.90 Å². The van der Waals surface area contributed by atoms with Crippen LogP contribution in [-0.2, 0) is 5.41 Å². The smallest absolute Gasteiger partial charge is 0.0713 e. The van der Waals surface area contributed by atoms with E-state index in [4.69, 9.17) is 0 Å². The summed E-state index contributed by atoms with van der Waals surface area (Å²) in [6.07, 6.45) is 0. The summed E-state index contributed by atoms with van der Waals surface area (Å²) < 4.78 is 0. The van der Waals surface area contributed by atoms with Gasteiger partial charge in [-0.2, -0.15) is 0 Å². The van der Waals surface area contributed by atoms with E-state index in [1.165, 1.54) is 77.5 Å². The van der Waals surface area contributed by atoms with Crippen LogP contribution in [0.1, 0.15) is 22.3 Å². The first-order chi connectivity index (χ1) is 29.8. The highest BCUT2D eigenvalue weighted by Crippen LogP contribution is 2.58. The summed E-state index contributed by atoms with van der Waals surface area (Å²) in [6, 6.07) is 91.0. The zero-order valence-electron chi connectivity index (χ0n) is 33.1. The Morgan fingerprint density at radius 1 is 0.267 bits per heavy atom. The summed E-state index contributed by atoms with van der Waals surface area (Å²) in [5, 5.41) is 2.43. The maximum absolute atomic E-state index is 2.40. The van der Waals surface area contributed by atoms with E-state index < -0.39 is 5.41 Å². The Bertz CT molecular complexity index is 3090. The largest absolute Gasteiger partial charge is 0.310 e. The number of hydrogen-bond acceptors (Lipinski definition) is 1. The molecule has 0 saturated heterocycles. The quantitative estimate of drug-likeness (QED) is 0.149. The second-order valence-electron chi connectivity index (χ2n) is 15.7. The fourth-order valence-corrected chi connectivity index (χ4v) is 9.62. The van der Waals surface area contributed by atoms with Gasteiger partial charge in [-0.15, -0.1) is 0 Å². The molecule has 0 heterocycles. The van der Waals surface area contributed by atoms with Crippen LogP contribution in [0.3, 0.4) is 0 Å². The number of rotatable bonds is 8. The Hall–Kier alpha value is -7.74. The van der Waals surface area contributed by atoms with Gasteiger partial charge in [0.15, 0.2) is 0 Å². The molecule has 0 amide bonds. The van der Waals surface area contributed by atoms with E-state index in [1.807, 2.05) is 0 Å². The third-order valence-corrected chi connectivity index (χ3v) is 12.3. The molecule has 0 bridgehead atoms. The van der Waals surface area contributed by atoms with E-state index in [0.717, 1.165) is 17.1 Å². The highest BCUT2D eigenvalue weighted by Gasteiger charge is 2.46. The molecule has 0 unspecified atom stereocenters. The molecule has 1 nitrogen and oxygen atoms in total. The Morgan fingerprint density at radius 2 is 0.767 bits per heavy atom. The molecule has 0 spiro atoms. The van der Waals surface area contributed by atoms with Gasteiger partial charge in [-0.3, -0.25) is 0 Å². The number of hydrogen-bond donors (Lipinski definition) is 0. The molecule has 282 valence electrons. The molecule has 10 aromatic carbocycles. The van der Waals surface area contributed by atoms with Crippen LogP contribution in [-0.4, -0.2) is 0 Å². The first kappa shape index (κ1) is 35.4. The minimum Gasteiger partial charge on any atom is -0.310 e. The van der Waals surface area contributed by atoms with Crippen molar-refractivity contribution in [3.8, 4) is 44.5 Å². The summed E-state index contributed by atoms with van der Waals surface area (Å²) in [6.45, 7) is 0. The van der Waals surface area contributed by atoms with Crippen molar-refractivity contribution in [1.29, 1.82) is 0 Å². The van der Waals surface area contributed by atoms with Crippen LogP contribution in [0, 0.1) is 0 Å². The van der Waals surface area contributed by atoms with Gasteiger partial charge in [0.05, 0.1) is 5.41 Å². The maximum Gasteiger partial charge on any atom is 0.0713 e. The van der Waals surface area contributed by atoms with Gasteiger partial charge in [0.2, 0.25) is 0 Å². The van der Waals surface area contributed by atoms with E-state index in [9.17, 15) is 0 Å². The first-order valence-electron chi connectivity index (χ1n) is 20.8. The van der Waals surface area contributed by atoms with Crippen LogP contribution in [0.5, 0.6) is 0 Å². The summed E-state index contributed by atoms with van der Waals surface area (Å²) in [5.41, 5.74) is 17.8. The van der Waals surface area contributed by atoms with Crippen molar-refractivity contribution in [3.05, 3.63) is 271 Å². The van der Waals surface area contributed by atoms with Crippen LogP contribution in [0.4, 0.5) is 17.1 Å². The van der Waals surface area contributed by atoms with Gasteiger partial charge in [0.1, 0.15) is 0 Å². The third kappa shape index (κ3) is 5.94. The zero-order chi connectivity index (χ0) is 39.9. The summed E-state index contributed by atoms with van der Waals surface area (Å²) in [7, 11) is 0. The fraction of sp³-hybridized carbons (Fsp3) is 0.0169. The topological polar surface area (TPSA) is 3.24 Å². The van der Waals surface area contributed by atoms with Gasteiger partial charge in [-0.25, -0.2) is 0 Å². The Kier molecular flexibility index (Phi) is 8.79. The van der Waals surface area contributed by atoms with Crippen LogP contribution >= 0.6 is 0 Å². The lowest BCUT2D eigenvalue weighted by Crippen LogP contribution is -2.28. The lowest BCUT2D eigenvalue weighted by atomic mass is 9.67. The SMILES string of the molecule is c1ccc(-c2cccc(-c3ccc(N(c4cccc(-c5cccc6c5-c5ccccc5C6(c5ccccc5)c5ccccc5)c4)c4ccc5ccccc5c4)cc3)c2)cc1. The van der Waals surface area contributed by atoms with E-state index in [2.05, 4.69) is 254 Å². The zero-order valence-corrected chi connectivity index (χ0v) is 33.1. The molecule has 1 heteroatoms. The molecule has 0 aromatic heterocycles. The molecule has 0 radical (unpaired) electrons. The molecule has 60 heavy (non-hydrogen) atoms. The minimum atomic E-state index is -0.457. The molecule has 0 aliphatic heterocycles. The van der Waals surface area contributed by atoms with Gasteiger partial charge in [0, 0.05) is 17.1 Å². The molecule has 10 aromatic rings. The third-order valence-electron chi connectivity index (χ3n) is 12.3. The van der Waals surface area contributed by atoms with Crippen molar-refractivity contribution < 1.29 is 0 Å². The molecule has 0 saturated carbocycles. The molecule has 0 fully saturated rings. The van der Waals surface area contributed by atoms with E-state index in [-0.39, 0.29) is 0 Å². The van der Waals surface area contributed by atoms with E-state index in [0.29, 0.717) is 0 Å². The van der Waals surface area contributed by atoms with Gasteiger partial charge in [0.25, 0.3) is 0 Å². The Labute approximate surface area is 352 Å². The Balaban J connectivity index is 1.06. The second-order valence-corrected chi connectivity index (χ2v) is 15.7. The molecule has 0 atom stereocenters. The van der Waals surface area contributed by atoms with Crippen molar-refractivity contribution in [2.45, 2.75) is 5.41 Å². The van der Waals surface area contributed by atoms with Gasteiger partial charge in [-0.05, 0) is 120 Å². The second kappa shape index (κ2) is 14.9. The van der Waals surface area contributed by atoms with Crippen molar-refractivity contribution in [2.75, 3.05) is 4.90 Å². The predicted octanol–water partition coefficient (Wildman–Crippen LogP) is 15.7. The van der Waals surface area contributed by atoms with Crippen molar-refractivity contribution >= 4 is 27.8 Å². The average Bonchev–Trinajstić information content (AvgIpc) is 3.64. The molecular weight excluding hydrogens is 723 g/mol. The van der Waals surface area contributed by atoms with E-state index in [1.54, 1.807) is 0 Å². The van der Waals surface area contributed by atoms with Crippen molar-refractivity contribution in [3.63, 3.8) is 0 Å². The highest BCUT2D eigenvalue weighted by molar-refractivity contribution is 5.97. The Morgan fingerprint density at radius 3 is 1.50 bits per heavy atom. The van der Waals surface area contributed by atoms with Crippen LogP contribution in [0.15, 0.2) is 249 Å². The predicted molar refractivity (Wildman–Crippen MR) is 252 cm³/mol. The summed E-state index contributed by atoms with van der Waals surface area (Å²) >= 11 is 0. The molecule has 1 aliphatic rings. The molecule has 1 aliphatic carbocycles. The van der Waals surface area contributed by atoms with Gasteiger partial charge in [-0.1, -0.05) is 206 Å². The van der Waals surface area contributed by atoms with Crippen molar-refractivity contribution in [1.82, 2.24) is 0 Å². The normalized spacial score (nSPS) is 12.5. The van der Waals surface area contributed by atoms with Crippen LogP contribution in [0.2, 0.25) is 0 Å². The fourth-order valence-electron chi connectivity index (χ4n) is 9.62. The molecular formula is C59H41N. The van der Waals surface area contributed by atoms with E-state index >= 15 is 0 Å². The molecule has 11 rings (SSSR count). The van der Waals surface area contributed by atoms with Gasteiger partial charge >= 0.3 is 0 Å². The number of nitrogens with zero attached hydrogens (tertiary/aromatic N) is 1. The first-order valence-corrected chi connectivity index (χ1v) is 20.8. The lowest BCUT2D eigenvalue weighted by Gasteiger charge is -2.34. The standard InChI is InChI=1S/C59H41N/c1-4-17-42(18-5-1)45-21-14-22-46(39-45)44-33-36-51(37-34-44)60(53-38-35-43-19-10-11-20-47(43)40-53)52-28-15-23-48(41-52)54-30-16-32-57-58(54)55-29-12-13-31-56(55)59(57,49-24-6-2-7-25-49)50-26-8-3-9-27-50/h1-41H. The van der Waals surface area contributed by atoms with Crippen LogP contribution in [0.25, 0.3) is 55.3 Å². The van der Waals surface area contributed by atoms with Crippen LogP contribution < -0.4 is 4.90 Å².